The van der Waals surface area contributed by atoms with Crippen LogP contribution in [0.15, 0.2) is 18.2 Å². The summed E-state index contributed by atoms with van der Waals surface area (Å²) in [4.78, 5) is 0. The Balaban J connectivity index is 2.16. The van der Waals surface area contributed by atoms with E-state index in [1.807, 2.05) is 7.05 Å². The predicted octanol–water partition coefficient (Wildman–Crippen LogP) is 4.56. The molecule has 1 nitrogen and oxygen atoms in total. The number of nitrogens with one attached hydrogen (secondary N) is 1. The third-order valence-corrected chi connectivity index (χ3v) is 5.07. The van der Waals surface area contributed by atoms with E-state index in [-0.39, 0.29) is 5.41 Å². The van der Waals surface area contributed by atoms with Crippen molar-refractivity contribution in [2.24, 2.45) is 17.3 Å². The molecule has 1 saturated carbocycles. The average molecular weight is 295 g/mol. The summed E-state index contributed by atoms with van der Waals surface area (Å²) >= 11 is 0. The Morgan fingerprint density at radius 1 is 1.14 bits per heavy atom. The largest absolute Gasteiger partial charge is 0.317 e. The summed E-state index contributed by atoms with van der Waals surface area (Å²) in [5, 5.41) is 3.45. The summed E-state index contributed by atoms with van der Waals surface area (Å²) in [6.07, 6.45) is 4.31. The molecule has 3 heteroatoms. The number of benzene rings is 1. The van der Waals surface area contributed by atoms with Crippen molar-refractivity contribution in [3.05, 3.63) is 35.4 Å². The quantitative estimate of drug-likeness (QED) is 0.858. The minimum Gasteiger partial charge on any atom is -0.317 e. The van der Waals surface area contributed by atoms with Crippen molar-refractivity contribution >= 4 is 0 Å². The van der Waals surface area contributed by atoms with Crippen LogP contribution in [0.3, 0.4) is 0 Å². The molecule has 1 aliphatic carbocycles. The molecular formula is C18H27F2N. The second-order valence-electron chi connectivity index (χ2n) is 7.36. The molecule has 21 heavy (non-hydrogen) atoms. The zero-order valence-corrected chi connectivity index (χ0v) is 13.5. The van der Waals surface area contributed by atoms with Gasteiger partial charge in [0.2, 0.25) is 0 Å². The fourth-order valence-corrected chi connectivity index (χ4v) is 4.01. The van der Waals surface area contributed by atoms with Crippen LogP contribution in [-0.2, 0) is 6.42 Å². The van der Waals surface area contributed by atoms with Crippen LogP contribution in [0.25, 0.3) is 0 Å². The molecule has 0 radical (unpaired) electrons. The molecular weight excluding hydrogens is 268 g/mol. The van der Waals surface area contributed by atoms with Gasteiger partial charge in [-0.2, -0.15) is 0 Å². The minimum atomic E-state index is -0.483. The van der Waals surface area contributed by atoms with Crippen LogP contribution >= 0.6 is 0 Å². The molecule has 3 unspecified atom stereocenters. The first-order valence-electron chi connectivity index (χ1n) is 7.94. The van der Waals surface area contributed by atoms with Gasteiger partial charge in [-0.1, -0.05) is 27.2 Å². The summed E-state index contributed by atoms with van der Waals surface area (Å²) in [7, 11) is 2.02. The summed E-state index contributed by atoms with van der Waals surface area (Å²) in [6, 6.07) is 4.35. The minimum absolute atomic E-state index is 0.0219. The lowest BCUT2D eigenvalue weighted by Gasteiger charge is -2.44. The van der Waals surface area contributed by atoms with Crippen LogP contribution in [0, 0.1) is 28.9 Å². The standard InChI is InChI=1S/C18H27F2N/c1-12-5-6-16(17(7-12)21-4)18(2,3)11-13-8-14(19)10-15(20)9-13/h8-10,12,16-17,21H,5-7,11H2,1-4H3. The zero-order chi connectivity index (χ0) is 15.6. The van der Waals surface area contributed by atoms with Crippen molar-refractivity contribution < 1.29 is 8.78 Å². The Bertz CT molecular complexity index is 464. The lowest BCUT2D eigenvalue weighted by Crippen LogP contribution is -2.46. The molecule has 0 heterocycles. The highest BCUT2D eigenvalue weighted by Crippen LogP contribution is 2.42. The lowest BCUT2D eigenvalue weighted by molar-refractivity contribution is 0.0979. The molecule has 1 aromatic carbocycles. The summed E-state index contributed by atoms with van der Waals surface area (Å²) < 4.78 is 26.8. The monoisotopic (exact) mass is 295 g/mol. The fourth-order valence-electron chi connectivity index (χ4n) is 4.01. The maximum Gasteiger partial charge on any atom is 0.126 e. The third kappa shape index (κ3) is 4.03. The van der Waals surface area contributed by atoms with Gasteiger partial charge in [0.1, 0.15) is 11.6 Å². The van der Waals surface area contributed by atoms with Crippen molar-refractivity contribution in [3.8, 4) is 0 Å². The molecule has 0 saturated heterocycles. The van der Waals surface area contributed by atoms with Crippen molar-refractivity contribution in [3.63, 3.8) is 0 Å². The van der Waals surface area contributed by atoms with E-state index in [1.165, 1.54) is 31.4 Å². The lowest BCUT2D eigenvalue weighted by atomic mass is 9.64. The number of halogens is 2. The van der Waals surface area contributed by atoms with Gasteiger partial charge in [0.15, 0.2) is 0 Å². The first-order valence-corrected chi connectivity index (χ1v) is 7.94. The summed E-state index contributed by atoms with van der Waals surface area (Å²) in [5.41, 5.74) is 0.777. The van der Waals surface area contributed by atoms with E-state index in [0.717, 1.165) is 17.5 Å². The van der Waals surface area contributed by atoms with E-state index in [0.29, 0.717) is 18.4 Å². The first-order chi connectivity index (χ1) is 9.81. The average Bonchev–Trinajstić information content (AvgIpc) is 2.36. The van der Waals surface area contributed by atoms with Gasteiger partial charge in [-0.25, -0.2) is 8.78 Å². The molecule has 118 valence electrons. The Kier molecular flexibility index (Phi) is 5.03. The molecule has 1 aromatic rings. The summed E-state index contributed by atoms with van der Waals surface area (Å²) in [6.45, 7) is 6.75. The first kappa shape index (κ1) is 16.4. The van der Waals surface area contributed by atoms with Gasteiger partial charge in [0.05, 0.1) is 0 Å². The highest BCUT2D eigenvalue weighted by Gasteiger charge is 2.38. The Hall–Kier alpha value is -0.960. The molecule has 3 atom stereocenters. The molecule has 1 aliphatic rings. The Morgan fingerprint density at radius 3 is 2.33 bits per heavy atom. The molecule has 0 aromatic heterocycles. The SMILES string of the molecule is CNC1CC(C)CCC1C(C)(C)Cc1cc(F)cc(F)c1. The maximum absolute atomic E-state index is 13.4. The van der Waals surface area contributed by atoms with Crippen LogP contribution in [0.1, 0.15) is 45.6 Å². The van der Waals surface area contributed by atoms with Crippen molar-refractivity contribution in [2.45, 2.75) is 52.5 Å². The van der Waals surface area contributed by atoms with Crippen LogP contribution in [0.5, 0.6) is 0 Å². The van der Waals surface area contributed by atoms with Crippen molar-refractivity contribution in [1.29, 1.82) is 0 Å². The van der Waals surface area contributed by atoms with E-state index >= 15 is 0 Å². The fraction of sp³-hybridized carbons (Fsp3) is 0.667. The summed E-state index contributed by atoms with van der Waals surface area (Å²) in [5.74, 6) is 0.317. The van der Waals surface area contributed by atoms with Gasteiger partial charge in [-0.15, -0.1) is 0 Å². The zero-order valence-electron chi connectivity index (χ0n) is 13.5. The molecule has 0 amide bonds. The normalized spacial score (nSPS) is 26.9. The molecule has 1 fully saturated rings. The van der Waals surface area contributed by atoms with Crippen LogP contribution in [-0.4, -0.2) is 13.1 Å². The second kappa shape index (κ2) is 6.43. The highest BCUT2D eigenvalue weighted by molar-refractivity contribution is 5.19. The van der Waals surface area contributed by atoms with E-state index in [9.17, 15) is 8.78 Å². The van der Waals surface area contributed by atoms with Crippen LogP contribution < -0.4 is 5.32 Å². The molecule has 1 N–H and O–H groups in total. The molecule has 2 rings (SSSR count). The predicted molar refractivity (Wildman–Crippen MR) is 83.2 cm³/mol. The van der Waals surface area contributed by atoms with Gasteiger partial charge in [0.25, 0.3) is 0 Å². The van der Waals surface area contributed by atoms with Gasteiger partial charge < -0.3 is 5.32 Å². The Labute approximate surface area is 127 Å². The molecule has 0 bridgehead atoms. The smallest absolute Gasteiger partial charge is 0.126 e. The van der Waals surface area contributed by atoms with Gasteiger partial charge >= 0.3 is 0 Å². The van der Waals surface area contributed by atoms with Crippen LogP contribution in [0.4, 0.5) is 8.78 Å². The maximum atomic E-state index is 13.4. The van der Waals surface area contributed by atoms with Crippen molar-refractivity contribution in [1.82, 2.24) is 5.32 Å². The van der Waals surface area contributed by atoms with Gasteiger partial charge in [-0.3, -0.25) is 0 Å². The second-order valence-corrected chi connectivity index (χ2v) is 7.36. The Morgan fingerprint density at radius 2 is 1.76 bits per heavy atom. The van der Waals surface area contributed by atoms with E-state index in [2.05, 4.69) is 26.1 Å². The topological polar surface area (TPSA) is 12.0 Å². The molecule has 0 aliphatic heterocycles. The highest BCUT2D eigenvalue weighted by atomic mass is 19.1. The van der Waals surface area contributed by atoms with Gasteiger partial charge in [-0.05, 0) is 61.3 Å². The number of hydrogen-bond acceptors (Lipinski definition) is 1. The van der Waals surface area contributed by atoms with Gasteiger partial charge in [0, 0.05) is 12.1 Å². The number of hydrogen-bond donors (Lipinski definition) is 1. The third-order valence-electron chi connectivity index (χ3n) is 5.07. The number of rotatable bonds is 4. The van der Waals surface area contributed by atoms with Crippen LogP contribution in [0.2, 0.25) is 0 Å². The van der Waals surface area contributed by atoms with E-state index < -0.39 is 11.6 Å². The van der Waals surface area contributed by atoms with Crippen molar-refractivity contribution in [2.75, 3.05) is 7.05 Å². The van der Waals surface area contributed by atoms with E-state index in [4.69, 9.17) is 0 Å². The molecule has 0 spiro atoms. The van der Waals surface area contributed by atoms with E-state index in [1.54, 1.807) is 0 Å².